The number of nitrogens with one attached hydrogen (secondary N) is 1. The van der Waals surface area contributed by atoms with E-state index >= 15 is 0 Å². The molecule has 0 amide bonds. The number of thiophene rings is 1. The number of hydrogen-bond acceptors (Lipinski definition) is 2. The largest absolute Gasteiger partial charge is 0.380 e. The summed E-state index contributed by atoms with van der Waals surface area (Å²) in [5.74, 6) is 0. The van der Waals surface area contributed by atoms with Crippen molar-refractivity contribution < 1.29 is 0 Å². The smallest absolute Gasteiger partial charge is 0.0496 e. The normalized spacial score (nSPS) is 13.7. The van der Waals surface area contributed by atoms with Crippen molar-refractivity contribution in [3.05, 3.63) is 51.2 Å². The van der Waals surface area contributed by atoms with E-state index in [1.807, 2.05) is 11.3 Å². The zero-order chi connectivity index (χ0) is 11.7. The lowest BCUT2D eigenvalue weighted by molar-refractivity contribution is 0.912. The van der Waals surface area contributed by atoms with Gasteiger partial charge in [-0.25, -0.2) is 0 Å². The minimum Gasteiger partial charge on any atom is -0.380 e. The fourth-order valence-corrected chi connectivity index (χ4v) is 3.30. The van der Waals surface area contributed by atoms with E-state index in [0.717, 1.165) is 6.54 Å². The summed E-state index contributed by atoms with van der Waals surface area (Å²) < 4.78 is 0. The van der Waals surface area contributed by atoms with Crippen molar-refractivity contribution in [3.63, 3.8) is 0 Å². The summed E-state index contributed by atoms with van der Waals surface area (Å²) in [6.07, 6.45) is 3.84. The van der Waals surface area contributed by atoms with E-state index in [2.05, 4.69) is 41.9 Å². The second-order valence-corrected chi connectivity index (χ2v) is 5.72. The number of aryl methyl sites for hydroxylation is 3. The Kier molecular flexibility index (Phi) is 2.89. The van der Waals surface area contributed by atoms with E-state index in [1.165, 1.54) is 41.0 Å². The Morgan fingerprint density at radius 3 is 2.88 bits per heavy atom. The molecule has 0 radical (unpaired) electrons. The summed E-state index contributed by atoms with van der Waals surface area (Å²) in [6, 6.07) is 9.01. The van der Waals surface area contributed by atoms with Gasteiger partial charge in [0.2, 0.25) is 0 Å². The molecular weight excluding hydrogens is 226 g/mol. The second kappa shape index (κ2) is 4.53. The summed E-state index contributed by atoms with van der Waals surface area (Å²) in [5, 5.41) is 5.69. The van der Waals surface area contributed by atoms with Gasteiger partial charge in [0.05, 0.1) is 0 Å². The van der Waals surface area contributed by atoms with Gasteiger partial charge in [-0.3, -0.25) is 0 Å². The van der Waals surface area contributed by atoms with E-state index < -0.39 is 0 Å². The molecule has 0 fully saturated rings. The van der Waals surface area contributed by atoms with Gasteiger partial charge in [-0.2, -0.15) is 0 Å². The molecule has 1 heterocycles. The highest BCUT2D eigenvalue weighted by Crippen LogP contribution is 2.25. The number of hydrogen-bond donors (Lipinski definition) is 1. The Balaban J connectivity index is 1.72. The number of anilines is 1. The Morgan fingerprint density at radius 2 is 2.06 bits per heavy atom. The van der Waals surface area contributed by atoms with Crippen molar-refractivity contribution >= 4 is 17.0 Å². The molecule has 1 aromatic heterocycles. The van der Waals surface area contributed by atoms with E-state index in [0.29, 0.717) is 0 Å². The van der Waals surface area contributed by atoms with Crippen molar-refractivity contribution in [1.29, 1.82) is 0 Å². The third-order valence-electron chi connectivity index (χ3n) is 3.52. The molecule has 0 atom stereocenters. The van der Waals surface area contributed by atoms with Gasteiger partial charge < -0.3 is 5.32 Å². The minimum absolute atomic E-state index is 0.947. The maximum atomic E-state index is 3.53. The molecule has 1 N–H and O–H groups in total. The van der Waals surface area contributed by atoms with Crippen LogP contribution in [0.3, 0.4) is 0 Å². The Bertz CT molecular complexity index is 527. The van der Waals surface area contributed by atoms with Gasteiger partial charge in [-0.1, -0.05) is 6.07 Å². The molecule has 2 heteroatoms. The topological polar surface area (TPSA) is 12.0 Å². The van der Waals surface area contributed by atoms with Crippen molar-refractivity contribution in [1.82, 2.24) is 0 Å². The highest BCUT2D eigenvalue weighted by atomic mass is 32.1. The van der Waals surface area contributed by atoms with Crippen LogP contribution in [0.1, 0.15) is 28.0 Å². The first-order chi connectivity index (χ1) is 8.33. The van der Waals surface area contributed by atoms with E-state index in [-0.39, 0.29) is 0 Å². The van der Waals surface area contributed by atoms with Gasteiger partial charge in [0, 0.05) is 17.1 Å². The van der Waals surface area contributed by atoms with Gasteiger partial charge in [-0.05, 0) is 66.5 Å². The molecular formula is C15H17NS. The average Bonchev–Trinajstić information content (AvgIpc) is 2.94. The van der Waals surface area contributed by atoms with Crippen molar-refractivity contribution in [3.8, 4) is 0 Å². The summed E-state index contributed by atoms with van der Waals surface area (Å²) in [4.78, 5) is 1.44. The molecule has 1 nitrogen and oxygen atoms in total. The maximum Gasteiger partial charge on any atom is 0.0496 e. The van der Waals surface area contributed by atoms with Crippen LogP contribution in [0.5, 0.6) is 0 Å². The van der Waals surface area contributed by atoms with Crippen molar-refractivity contribution in [2.45, 2.75) is 32.7 Å². The van der Waals surface area contributed by atoms with Gasteiger partial charge >= 0.3 is 0 Å². The second-order valence-electron chi connectivity index (χ2n) is 4.72. The fraction of sp³-hybridized carbons (Fsp3) is 0.333. The van der Waals surface area contributed by atoms with Gasteiger partial charge in [-0.15, -0.1) is 11.3 Å². The van der Waals surface area contributed by atoms with Crippen LogP contribution in [0.15, 0.2) is 29.6 Å². The lowest BCUT2D eigenvalue weighted by atomic mass is 10.1. The van der Waals surface area contributed by atoms with Crippen LogP contribution >= 0.6 is 11.3 Å². The van der Waals surface area contributed by atoms with E-state index in [4.69, 9.17) is 0 Å². The lowest BCUT2D eigenvalue weighted by Gasteiger charge is -2.08. The quantitative estimate of drug-likeness (QED) is 0.853. The molecule has 0 unspecified atom stereocenters. The monoisotopic (exact) mass is 243 g/mol. The fourth-order valence-electron chi connectivity index (χ4n) is 2.45. The Labute approximate surface area is 106 Å². The molecule has 0 bridgehead atoms. The molecule has 1 aromatic carbocycles. The van der Waals surface area contributed by atoms with Crippen LogP contribution < -0.4 is 5.32 Å². The van der Waals surface area contributed by atoms with Crippen LogP contribution in [0, 0.1) is 6.92 Å². The molecule has 0 saturated heterocycles. The van der Waals surface area contributed by atoms with Crippen molar-refractivity contribution in [2.75, 3.05) is 5.32 Å². The first-order valence-electron chi connectivity index (χ1n) is 6.21. The third kappa shape index (κ3) is 2.22. The zero-order valence-electron chi connectivity index (χ0n) is 10.1. The first kappa shape index (κ1) is 10.8. The standard InChI is InChI=1S/C15H17NS/c1-11-7-8-17-15(11)10-16-14-6-5-12-3-2-4-13(12)9-14/h5-9,16H,2-4,10H2,1H3. The highest BCUT2D eigenvalue weighted by Gasteiger charge is 2.10. The number of benzene rings is 1. The average molecular weight is 243 g/mol. The predicted molar refractivity (Wildman–Crippen MR) is 74.8 cm³/mol. The predicted octanol–water partition coefficient (Wildman–Crippen LogP) is 4.16. The summed E-state index contributed by atoms with van der Waals surface area (Å²) in [6.45, 7) is 3.12. The number of rotatable bonds is 3. The summed E-state index contributed by atoms with van der Waals surface area (Å²) >= 11 is 1.83. The Hall–Kier alpha value is -1.28. The zero-order valence-corrected chi connectivity index (χ0v) is 10.9. The molecule has 0 spiro atoms. The van der Waals surface area contributed by atoms with Crippen LogP contribution in [0.4, 0.5) is 5.69 Å². The molecule has 1 aliphatic rings. The molecule has 0 saturated carbocycles. The third-order valence-corrected chi connectivity index (χ3v) is 4.54. The van der Waals surface area contributed by atoms with Gasteiger partial charge in [0.1, 0.15) is 0 Å². The van der Waals surface area contributed by atoms with Gasteiger partial charge in [0.15, 0.2) is 0 Å². The van der Waals surface area contributed by atoms with Crippen LogP contribution in [-0.2, 0) is 19.4 Å². The minimum atomic E-state index is 0.947. The highest BCUT2D eigenvalue weighted by molar-refractivity contribution is 7.10. The van der Waals surface area contributed by atoms with Crippen LogP contribution in [0.25, 0.3) is 0 Å². The molecule has 3 rings (SSSR count). The van der Waals surface area contributed by atoms with Crippen LogP contribution in [0.2, 0.25) is 0 Å². The molecule has 0 aliphatic heterocycles. The van der Waals surface area contributed by atoms with E-state index in [9.17, 15) is 0 Å². The molecule has 2 aromatic rings. The SMILES string of the molecule is Cc1ccsc1CNc1ccc2c(c1)CCC2. The van der Waals surface area contributed by atoms with E-state index in [1.54, 1.807) is 5.56 Å². The maximum absolute atomic E-state index is 3.53. The summed E-state index contributed by atoms with van der Waals surface area (Å²) in [7, 11) is 0. The van der Waals surface area contributed by atoms with Gasteiger partial charge in [0.25, 0.3) is 0 Å². The van der Waals surface area contributed by atoms with Crippen molar-refractivity contribution in [2.24, 2.45) is 0 Å². The molecule has 1 aliphatic carbocycles. The Morgan fingerprint density at radius 1 is 1.18 bits per heavy atom. The molecule has 17 heavy (non-hydrogen) atoms. The first-order valence-corrected chi connectivity index (χ1v) is 7.09. The lowest BCUT2D eigenvalue weighted by Crippen LogP contribution is -1.99. The van der Waals surface area contributed by atoms with Crippen LogP contribution in [-0.4, -0.2) is 0 Å². The number of fused-ring (bicyclic) bond motifs is 1. The molecule has 88 valence electrons. The summed E-state index contributed by atoms with van der Waals surface area (Å²) in [5.41, 5.74) is 5.74.